The topological polar surface area (TPSA) is 111 Å². The molecule has 0 amide bonds. The van der Waals surface area contributed by atoms with Gasteiger partial charge in [0.2, 0.25) is 0 Å². The number of rotatable bonds is 4. The summed E-state index contributed by atoms with van der Waals surface area (Å²) in [4.78, 5) is 15.3. The third-order valence-corrected chi connectivity index (χ3v) is 4.60. The van der Waals surface area contributed by atoms with Gasteiger partial charge in [-0.1, -0.05) is 0 Å². The van der Waals surface area contributed by atoms with Crippen molar-refractivity contribution in [1.82, 2.24) is 4.98 Å². The monoisotopic (exact) mass is 313 g/mol. The summed E-state index contributed by atoms with van der Waals surface area (Å²) in [6.45, 7) is 0. The number of sulfonamides is 1. The fourth-order valence-corrected chi connectivity index (χ4v) is 3.24. The number of nitrogens with zero attached hydrogens (tertiary/aromatic N) is 1. The van der Waals surface area contributed by atoms with Crippen molar-refractivity contribution in [1.29, 1.82) is 0 Å². The summed E-state index contributed by atoms with van der Waals surface area (Å²) in [5.74, 6) is -0.386. The number of methoxy groups -OCH3 is 1. The van der Waals surface area contributed by atoms with Crippen molar-refractivity contribution in [2.24, 2.45) is 0 Å². The smallest absolute Gasteiger partial charge is 0.350 e. The van der Waals surface area contributed by atoms with Crippen LogP contribution in [0.25, 0.3) is 0 Å². The summed E-state index contributed by atoms with van der Waals surface area (Å²) >= 11 is 1.08. The van der Waals surface area contributed by atoms with Crippen LogP contribution in [0.15, 0.2) is 34.7 Å². The third-order valence-electron chi connectivity index (χ3n) is 2.35. The maximum Gasteiger partial charge on any atom is 0.350 e. The molecule has 0 atom stereocenters. The Morgan fingerprint density at radius 3 is 2.75 bits per heavy atom. The Kier molecular flexibility index (Phi) is 3.91. The van der Waals surface area contributed by atoms with Gasteiger partial charge in [0.15, 0.2) is 0 Å². The van der Waals surface area contributed by atoms with E-state index >= 15 is 0 Å². The number of nitrogens with one attached hydrogen (secondary N) is 1. The van der Waals surface area contributed by atoms with Gasteiger partial charge in [-0.2, -0.15) is 0 Å². The van der Waals surface area contributed by atoms with E-state index in [-0.39, 0.29) is 21.3 Å². The molecule has 0 aliphatic carbocycles. The lowest BCUT2D eigenvalue weighted by Crippen LogP contribution is -2.15. The van der Waals surface area contributed by atoms with Crippen LogP contribution in [0.3, 0.4) is 0 Å². The molecule has 0 spiro atoms. The molecule has 9 heteroatoms. The summed E-state index contributed by atoms with van der Waals surface area (Å²) < 4.78 is 31.2. The molecule has 0 bridgehead atoms. The van der Waals surface area contributed by atoms with Gasteiger partial charge >= 0.3 is 5.97 Å². The second-order valence-electron chi connectivity index (χ2n) is 3.68. The van der Waals surface area contributed by atoms with Gasteiger partial charge in [-0.25, -0.2) is 18.2 Å². The van der Waals surface area contributed by atoms with Crippen molar-refractivity contribution >= 4 is 38.8 Å². The van der Waals surface area contributed by atoms with E-state index in [9.17, 15) is 13.2 Å². The van der Waals surface area contributed by atoms with Gasteiger partial charge in [0, 0.05) is 6.20 Å². The normalized spacial score (nSPS) is 11.1. The van der Waals surface area contributed by atoms with Gasteiger partial charge < -0.3 is 10.5 Å². The second-order valence-corrected chi connectivity index (χ2v) is 6.28. The molecular formula is C11H11N3O4S2. The quantitative estimate of drug-likeness (QED) is 0.823. The number of hydrogen-bond acceptors (Lipinski definition) is 7. The lowest BCUT2D eigenvalue weighted by molar-refractivity contribution is 0.0607. The fourth-order valence-electron chi connectivity index (χ4n) is 1.39. The van der Waals surface area contributed by atoms with E-state index in [1.54, 1.807) is 5.38 Å². The van der Waals surface area contributed by atoms with Crippen molar-refractivity contribution in [2.75, 3.05) is 17.6 Å². The molecule has 0 fully saturated rings. The number of carbonyl (C=O) groups is 1. The van der Waals surface area contributed by atoms with Gasteiger partial charge in [0.05, 0.1) is 12.8 Å². The van der Waals surface area contributed by atoms with Crippen molar-refractivity contribution in [3.05, 3.63) is 34.7 Å². The lowest BCUT2D eigenvalue weighted by Gasteiger charge is -2.08. The number of esters is 1. The maximum absolute atomic E-state index is 12.1. The first-order chi connectivity index (χ1) is 9.44. The van der Waals surface area contributed by atoms with E-state index < -0.39 is 16.0 Å². The zero-order valence-corrected chi connectivity index (χ0v) is 12.0. The Labute approximate surface area is 119 Å². The van der Waals surface area contributed by atoms with Gasteiger partial charge in [0.25, 0.3) is 10.0 Å². The largest absolute Gasteiger partial charge is 0.465 e. The van der Waals surface area contributed by atoms with E-state index in [4.69, 9.17) is 5.73 Å². The average molecular weight is 313 g/mol. The molecule has 0 aliphatic heterocycles. The van der Waals surface area contributed by atoms with Gasteiger partial charge in [-0.15, -0.1) is 11.3 Å². The minimum absolute atomic E-state index is 0.0475. The Hall–Kier alpha value is -2.13. The molecule has 3 N–H and O–H groups in total. The van der Waals surface area contributed by atoms with E-state index in [1.807, 2.05) is 0 Å². The first-order valence-electron chi connectivity index (χ1n) is 5.34. The number of ether oxygens (including phenoxy) is 1. The molecule has 0 radical (unpaired) electrons. The van der Waals surface area contributed by atoms with Crippen molar-refractivity contribution in [3.63, 3.8) is 0 Å². The summed E-state index contributed by atoms with van der Waals surface area (Å²) in [5.41, 5.74) is 5.57. The van der Waals surface area contributed by atoms with Gasteiger partial charge in [0.1, 0.15) is 15.6 Å². The molecule has 0 unspecified atom stereocenters. The first kappa shape index (κ1) is 14.3. The van der Waals surface area contributed by atoms with Crippen LogP contribution in [0.4, 0.5) is 11.5 Å². The first-order valence-corrected chi connectivity index (χ1v) is 7.70. The van der Waals surface area contributed by atoms with Crippen LogP contribution in [0, 0.1) is 0 Å². The Morgan fingerprint density at radius 2 is 2.15 bits per heavy atom. The highest BCUT2D eigenvalue weighted by atomic mass is 32.2. The zero-order valence-electron chi connectivity index (χ0n) is 10.4. The number of thiophene rings is 1. The van der Waals surface area contributed by atoms with Gasteiger partial charge in [-0.3, -0.25) is 4.72 Å². The standard InChI is InChI=1S/C11H11N3O4S2/c1-18-11(15)10-8(4-5-19-10)14-20(16,17)7-2-3-9(12)13-6-7/h2-6,14H,1H3,(H2,12,13). The minimum Gasteiger partial charge on any atom is -0.465 e. The van der Waals surface area contributed by atoms with Crippen molar-refractivity contribution < 1.29 is 17.9 Å². The molecule has 2 heterocycles. The molecule has 20 heavy (non-hydrogen) atoms. The number of nitrogen functional groups attached to an aromatic ring is 1. The van der Waals surface area contributed by atoms with E-state index in [1.165, 1.54) is 25.3 Å². The predicted molar refractivity (Wildman–Crippen MR) is 75.1 cm³/mol. The molecule has 0 saturated heterocycles. The summed E-state index contributed by atoms with van der Waals surface area (Å²) in [6.07, 6.45) is 1.14. The van der Waals surface area contributed by atoms with Crippen LogP contribution in [-0.4, -0.2) is 26.5 Å². The average Bonchev–Trinajstić information content (AvgIpc) is 2.85. The van der Waals surface area contributed by atoms with Crippen LogP contribution >= 0.6 is 11.3 Å². The number of aromatic nitrogens is 1. The summed E-state index contributed by atoms with van der Waals surface area (Å²) in [6, 6.07) is 4.19. The van der Waals surface area contributed by atoms with E-state index in [0.29, 0.717) is 0 Å². The summed E-state index contributed by atoms with van der Waals surface area (Å²) in [7, 11) is -2.61. The van der Waals surface area contributed by atoms with Crippen LogP contribution in [0.1, 0.15) is 9.67 Å². The van der Waals surface area contributed by atoms with Crippen LogP contribution in [-0.2, 0) is 14.8 Å². The minimum atomic E-state index is -3.83. The van der Waals surface area contributed by atoms with Gasteiger partial charge in [-0.05, 0) is 23.6 Å². The van der Waals surface area contributed by atoms with Crippen molar-refractivity contribution in [3.8, 4) is 0 Å². The van der Waals surface area contributed by atoms with E-state index in [0.717, 1.165) is 17.5 Å². The molecule has 0 aromatic carbocycles. The SMILES string of the molecule is COC(=O)c1sccc1NS(=O)(=O)c1ccc(N)nc1. The highest BCUT2D eigenvalue weighted by Gasteiger charge is 2.20. The number of pyridine rings is 1. The molecule has 106 valence electrons. The number of hydrogen-bond donors (Lipinski definition) is 2. The molecule has 0 aliphatic rings. The highest BCUT2D eigenvalue weighted by Crippen LogP contribution is 2.25. The second kappa shape index (κ2) is 5.47. The number of carbonyl (C=O) groups excluding carboxylic acids is 1. The highest BCUT2D eigenvalue weighted by molar-refractivity contribution is 7.92. The third kappa shape index (κ3) is 2.89. The Balaban J connectivity index is 2.32. The molecule has 2 rings (SSSR count). The molecule has 7 nitrogen and oxygen atoms in total. The fraction of sp³-hybridized carbons (Fsp3) is 0.0909. The zero-order chi connectivity index (χ0) is 14.8. The lowest BCUT2D eigenvalue weighted by atomic mass is 10.4. The number of nitrogens with two attached hydrogens (primary N) is 1. The summed E-state index contributed by atoms with van der Waals surface area (Å²) in [5, 5.41) is 1.59. The predicted octanol–water partition coefficient (Wildman–Crippen LogP) is 1.31. The maximum atomic E-state index is 12.1. The molecular weight excluding hydrogens is 302 g/mol. The Morgan fingerprint density at radius 1 is 1.40 bits per heavy atom. The van der Waals surface area contributed by atoms with Crippen LogP contribution in [0.2, 0.25) is 0 Å². The molecule has 2 aromatic rings. The van der Waals surface area contributed by atoms with Crippen LogP contribution < -0.4 is 10.5 Å². The number of anilines is 2. The van der Waals surface area contributed by atoms with E-state index in [2.05, 4.69) is 14.4 Å². The molecule has 2 aromatic heterocycles. The Bertz CT molecular complexity index is 722. The molecule has 0 saturated carbocycles. The van der Waals surface area contributed by atoms with Crippen molar-refractivity contribution in [2.45, 2.75) is 4.90 Å². The van der Waals surface area contributed by atoms with Crippen LogP contribution in [0.5, 0.6) is 0 Å².